The van der Waals surface area contributed by atoms with Crippen molar-refractivity contribution in [3.8, 4) is 0 Å². The molecule has 7 nitrogen and oxygen atoms in total. The summed E-state index contributed by atoms with van der Waals surface area (Å²) >= 11 is 0. The average molecular weight is 318 g/mol. The number of para-hydroxylation sites is 1. The van der Waals surface area contributed by atoms with Crippen molar-refractivity contribution in [3.63, 3.8) is 0 Å². The van der Waals surface area contributed by atoms with E-state index in [1.807, 2.05) is 24.3 Å². The zero-order valence-corrected chi connectivity index (χ0v) is 12.7. The number of esters is 1. The van der Waals surface area contributed by atoms with E-state index in [4.69, 9.17) is 9.84 Å². The van der Waals surface area contributed by atoms with E-state index >= 15 is 0 Å². The molecule has 7 heteroatoms. The van der Waals surface area contributed by atoms with E-state index in [0.717, 1.165) is 10.9 Å². The van der Waals surface area contributed by atoms with Crippen LogP contribution < -0.4 is 5.32 Å². The molecule has 1 aliphatic rings. The number of aliphatic hydroxyl groups is 1. The lowest BCUT2D eigenvalue weighted by molar-refractivity contribution is -0.139. The Kier molecular flexibility index (Phi) is 3.83. The van der Waals surface area contributed by atoms with Crippen molar-refractivity contribution >= 4 is 22.8 Å². The van der Waals surface area contributed by atoms with Gasteiger partial charge in [-0.2, -0.15) is 0 Å². The van der Waals surface area contributed by atoms with E-state index in [1.54, 1.807) is 17.7 Å². The first-order valence-corrected chi connectivity index (χ1v) is 7.30. The molecule has 0 amide bonds. The highest BCUT2D eigenvalue weighted by Crippen LogP contribution is 2.22. The minimum Gasteiger partial charge on any atom is -0.480 e. The zero-order valence-electron chi connectivity index (χ0n) is 12.7. The van der Waals surface area contributed by atoms with Gasteiger partial charge in [0.05, 0.1) is 0 Å². The van der Waals surface area contributed by atoms with Crippen LogP contribution in [-0.4, -0.2) is 51.5 Å². The molecule has 0 aliphatic carbocycles. The maximum atomic E-state index is 12.3. The number of aliphatic carboxylic acids is 1. The van der Waals surface area contributed by atoms with Gasteiger partial charge in [0.2, 0.25) is 0 Å². The molecule has 0 radical (unpaired) electrons. The first kappa shape index (κ1) is 15.5. The van der Waals surface area contributed by atoms with Gasteiger partial charge in [-0.15, -0.1) is 0 Å². The molecule has 2 atom stereocenters. The Morgan fingerprint density at radius 1 is 1.43 bits per heavy atom. The summed E-state index contributed by atoms with van der Waals surface area (Å²) in [7, 11) is 1.77. The summed E-state index contributed by atoms with van der Waals surface area (Å²) in [4.78, 5) is 23.2. The van der Waals surface area contributed by atoms with Crippen molar-refractivity contribution in [1.29, 1.82) is 0 Å². The highest BCUT2D eigenvalue weighted by Gasteiger charge is 2.41. The van der Waals surface area contributed by atoms with Crippen LogP contribution in [0.1, 0.15) is 16.9 Å². The predicted octanol–water partition coefficient (Wildman–Crippen LogP) is 0.513. The number of fused-ring (bicyclic) bond motifs is 1. The van der Waals surface area contributed by atoms with Crippen molar-refractivity contribution in [2.75, 3.05) is 13.2 Å². The van der Waals surface area contributed by atoms with Crippen LogP contribution in [0.25, 0.3) is 10.9 Å². The van der Waals surface area contributed by atoms with E-state index in [-0.39, 0.29) is 19.6 Å². The molecule has 1 saturated heterocycles. The number of hydrogen-bond donors (Lipinski definition) is 3. The third-order valence-corrected chi connectivity index (χ3v) is 4.19. The first-order chi connectivity index (χ1) is 10.9. The molecule has 0 bridgehead atoms. The summed E-state index contributed by atoms with van der Waals surface area (Å²) < 4.78 is 6.94. The maximum Gasteiger partial charge on any atom is 0.355 e. The number of β-amino-alcohol motifs (C(OH)–C–C–N with tert-alkyl or cyclic N) is 1. The van der Waals surface area contributed by atoms with Crippen molar-refractivity contribution in [2.24, 2.45) is 7.05 Å². The minimum absolute atomic E-state index is 0.00469. The van der Waals surface area contributed by atoms with Crippen molar-refractivity contribution in [3.05, 3.63) is 36.0 Å². The fourth-order valence-electron chi connectivity index (χ4n) is 2.88. The molecule has 1 aliphatic heterocycles. The number of hydrogen-bond acceptors (Lipinski definition) is 5. The monoisotopic (exact) mass is 318 g/mol. The molecule has 0 unspecified atom stereocenters. The molecule has 1 aromatic carbocycles. The van der Waals surface area contributed by atoms with Gasteiger partial charge in [-0.05, 0) is 12.1 Å². The van der Waals surface area contributed by atoms with Crippen LogP contribution in [0.4, 0.5) is 0 Å². The summed E-state index contributed by atoms with van der Waals surface area (Å²) in [5, 5.41) is 22.9. The van der Waals surface area contributed by atoms with E-state index in [0.29, 0.717) is 5.69 Å². The van der Waals surface area contributed by atoms with Gasteiger partial charge < -0.3 is 24.8 Å². The normalized spacial score (nSPS) is 24.0. The van der Waals surface area contributed by atoms with E-state index in [9.17, 15) is 14.7 Å². The van der Waals surface area contributed by atoms with Crippen molar-refractivity contribution < 1.29 is 24.5 Å². The van der Waals surface area contributed by atoms with Crippen LogP contribution in [-0.2, 0) is 16.6 Å². The summed E-state index contributed by atoms with van der Waals surface area (Å²) in [6, 6.07) is 8.48. The number of ether oxygens (including phenoxy) is 1. The Morgan fingerprint density at radius 3 is 2.83 bits per heavy atom. The standard InChI is InChI=1S/C16H18N2O5/c1-18-12-5-3-2-4-10(12)6-13(18)15(21)23-9-16(22)7-11(14(19)20)17-8-16/h2-6,11,17,22H,7-9H2,1H3,(H,19,20)/t11-,16-/m0/s1. The fraction of sp³-hybridized carbons (Fsp3) is 0.375. The van der Waals surface area contributed by atoms with E-state index in [2.05, 4.69) is 5.32 Å². The van der Waals surface area contributed by atoms with Crippen LogP contribution in [0.2, 0.25) is 0 Å². The largest absolute Gasteiger partial charge is 0.480 e. The molecule has 1 fully saturated rings. The first-order valence-electron chi connectivity index (χ1n) is 7.30. The number of carboxylic acids is 1. The molecule has 2 heterocycles. The summed E-state index contributed by atoms with van der Waals surface area (Å²) in [6.07, 6.45) is 0.00469. The number of carboxylic acid groups (broad SMARTS) is 1. The summed E-state index contributed by atoms with van der Waals surface area (Å²) in [5.41, 5.74) is -0.0642. The van der Waals surface area contributed by atoms with Crippen LogP contribution in [0.3, 0.4) is 0 Å². The number of aryl methyl sites for hydroxylation is 1. The molecule has 3 rings (SSSR count). The Morgan fingerprint density at radius 2 is 2.17 bits per heavy atom. The molecule has 2 aromatic rings. The Hall–Kier alpha value is -2.38. The second-order valence-corrected chi connectivity index (χ2v) is 5.92. The molecule has 122 valence electrons. The third-order valence-electron chi connectivity index (χ3n) is 4.19. The number of rotatable bonds is 4. The Labute approximate surface area is 132 Å². The lowest BCUT2D eigenvalue weighted by Gasteiger charge is -2.20. The fourth-order valence-corrected chi connectivity index (χ4v) is 2.88. The average Bonchev–Trinajstić information content (AvgIpc) is 3.08. The Balaban J connectivity index is 1.69. The van der Waals surface area contributed by atoms with Gasteiger partial charge in [0.25, 0.3) is 0 Å². The number of aromatic nitrogens is 1. The second-order valence-electron chi connectivity index (χ2n) is 5.92. The van der Waals surface area contributed by atoms with Gasteiger partial charge in [0.1, 0.15) is 23.9 Å². The number of nitrogens with zero attached hydrogens (tertiary/aromatic N) is 1. The highest BCUT2D eigenvalue weighted by atomic mass is 16.5. The maximum absolute atomic E-state index is 12.3. The van der Waals surface area contributed by atoms with Gasteiger partial charge in [-0.25, -0.2) is 4.79 Å². The molecule has 0 saturated carbocycles. The number of nitrogens with one attached hydrogen (secondary N) is 1. The quantitative estimate of drug-likeness (QED) is 0.710. The summed E-state index contributed by atoms with van der Waals surface area (Å²) in [6.45, 7) is -0.170. The van der Waals surface area contributed by atoms with Gasteiger partial charge in [-0.1, -0.05) is 18.2 Å². The zero-order chi connectivity index (χ0) is 16.6. The van der Waals surface area contributed by atoms with Crippen molar-refractivity contribution in [1.82, 2.24) is 9.88 Å². The van der Waals surface area contributed by atoms with Crippen LogP contribution in [0.5, 0.6) is 0 Å². The van der Waals surface area contributed by atoms with Gasteiger partial charge >= 0.3 is 11.9 Å². The van der Waals surface area contributed by atoms with Crippen LogP contribution in [0.15, 0.2) is 30.3 Å². The second kappa shape index (κ2) is 5.68. The lowest BCUT2D eigenvalue weighted by Crippen LogP contribution is -2.37. The highest BCUT2D eigenvalue weighted by molar-refractivity contribution is 5.95. The molecular formula is C16H18N2O5. The SMILES string of the molecule is Cn1c(C(=O)OC[C@@]2(O)CN[C@H](C(=O)O)C2)cc2ccccc21. The predicted molar refractivity (Wildman–Crippen MR) is 82.2 cm³/mol. The number of carbonyl (C=O) groups is 2. The van der Waals surface area contributed by atoms with Crippen LogP contribution >= 0.6 is 0 Å². The summed E-state index contributed by atoms with van der Waals surface area (Å²) in [5.74, 6) is -1.57. The van der Waals surface area contributed by atoms with E-state index < -0.39 is 23.6 Å². The van der Waals surface area contributed by atoms with E-state index in [1.165, 1.54) is 0 Å². The number of carbonyl (C=O) groups excluding carboxylic acids is 1. The van der Waals surface area contributed by atoms with Gasteiger partial charge in [0.15, 0.2) is 0 Å². The third kappa shape index (κ3) is 2.93. The van der Waals surface area contributed by atoms with Gasteiger partial charge in [0, 0.05) is 30.9 Å². The van der Waals surface area contributed by atoms with Gasteiger partial charge in [-0.3, -0.25) is 4.79 Å². The van der Waals surface area contributed by atoms with Crippen LogP contribution in [0, 0.1) is 0 Å². The molecule has 3 N–H and O–H groups in total. The molecule has 1 aromatic heterocycles. The number of benzene rings is 1. The minimum atomic E-state index is -1.36. The Bertz CT molecular complexity index is 769. The molecular weight excluding hydrogens is 300 g/mol. The topological polar surface area (TPSA) is 101 Å². The molecule has 23 heavy (non-hydrogen) atoms. The van der Waals surface area contributed by atoms with Crippen molar-refractivity contribution in [2.45, 2.75) is 18.1 Å². The lowest BCUT2D eigenvalue weighted by atomic mass is 10.0. The smallest absolute Gasteiger partial charge is 0.355 e. The molecule has 0 spiro atoms.